The molecule has 0 aromatic heterocycles. The Kier molecular flexibility index (Phi) is 6.71. The maximum atomic E-state index is 6.37. The van der Waals surface area contributed by atoms with Crippen molar-refractivity contribution in [2.45, 2.75) is 13.2 Å². The molecular formula is C20H15BrCl3NO. The van der Waals surface area contributed by atoms with Crippen LogP contribution >= 0.6 is 50.7 Å². The van der Waals surface area contributed by atoms with E-state index < -0.39 is 0 Å². The van der Waals surface area contributed by atoms with Crippen LogP contribution < -0.4 is 10.1 Å². The molecule has 0 fully saturated rings. The zero-order chi connectivity index (χ0) is 18.5. The van der Waals surface area contributed by atoms with E-state index in [4.69, 9.17) is 39.5 Å². The molecular weight excluding hydrogens is 456 g/mol. The fraction of sp³-hybridized carbons (Fsp3) is 0.100. The Labute approximate surface area is 176 Å². The van der Waals surface area contributed by atoms with Crippen LogP contribution in [0.5, 0.6) is 5.75 Å². The van der Waals surface area contributed by atoms with Gasteiger partial charge in [-0.3, -0.25) is 0 Å². The highest BCUT2D eigenvalue weighted by atomic mass is 79.9. The van der Waals surface area contributed by atoms with Gasteiger partial charge in [0.05, 0.1) is 20.8 Å². The van der Waals surface area contributed by atoms with Gasteiger partial charge in [-0.1, -0.05) is 75.0 Å². The summed E-state index contributed by atoms with van der Waals surface area (Å²) in [6.07, 6.45) is 0. The molecule has 0 spiro atoms. The Hall–Kier alpha value is -1.39. The number of anilines is 1. The third-order valence-corrected chi connectivity index (χ3v) is 5.13. The van der Waals surface area contributed by atoms with Crippen molar-refractivity contribution in [2.75, 3.05) is 5.32 Å². The van der Waals surface area contributed by atoms with Crippen molar-refractivity contribution >= 4 is 56.4 Å². The van der Waals surface area contributed by atoms with Crippen LogP contribution in [0.4, 0.5) is 5.69 Å². The van der Waals surface area contributed by atoms with Crippen LogP contribution in [0.2, 0.25) is 15.1 Å². The fourth-order valence-corrected chi connectivity index (χ4v) is 3.50. The predicted molar refractivity (Wildman–Crippen MR) is 114 cm³/mol. The molecule has 3 rings (SSSR count). The number of ether oxygens (including phenoxy) is 1. The van der Waals surface area contributed by atoms with E-state index in [-0.39, 0.29) is 0 Å². The van der Waals surface area contributed by atoms with Crippen molar-refractivity contribution in [2.24, 2.45) is 0 Å². The number of benzene rings is 3. The minimum atomic E-state index is 0.393. The van der Waals surface area contributed by atoms with Crippen LogP contribution in [0.15, 0.2) is 65.1 Å². The van der Waals surface area contributed by atoms with Crippen molar-refractivity contribution in [3.63, 3.8) is 0 Å². The molecule has 0 radical (unpaired) electrons. The van der Waals surface area contributed by atoms with Crippen LogP contribution in [-0.2, 0) is 13.2 Å². The van der Waals surface area contributed by atoms with E-state index in [2.05, 4.69) is 21.2 Å². The van der Waals surface area contributed by atoms with Crippen molar-refractivity contribution in [1.29, 1.82) is 0 Å². The third-order valence-electron chi connectivity index (χ3n) is 3.71. The molecule has 2 nitrogen and oxygen atoms in total. The summed E-state index contributed by atoms with van der Waals surface area (Å²) in [5.74, 6) is 0.484. The number of halogens is 4. The average Bonchev–Trinajstić information content (AvgIpc) is 2.62. The lowest BCUT2D eigenvalue weighted by atomic mass is 10.2. The topological polar surface area (TPSA) is 21.3 Å². The average molecular weight is 472 g/mol. The first-order valence-electron chi connectivity index (χ1n) is 7.86. The number of nitrogens with one attached hydrogen (secondary N) is 1. The van der Waals surface area contributed by atoms with Gasteiger partial charge in [-0.15, -0.1) is 0 Å². The molecule has 0 aliphatic heterocycles. The molecule has 3 aromatic carbocycles. The number of hydrogen-bond acceptors (Lipinski definition) is 2. The quantitative estimate of drug-likeness (QED) is 0.400. The Balaban J connectivity index is 1.67. The molecule has 0 aliphatic carbocycles. The van der Waals surface area contributed by atoms with Gasteiger partial charge in [0.25, 0.3) is 0 Å². The molecule has 0 unspecified atom stereocenters. The summed E-state index contributed by atoms with van der Waals surface area (Å²) in [4.78, 5) is 0. The summed E-state index contributed by atoms with van der Waals surface area (Å²) in [6.45, 7) is 0.945. The SMILES string of the molecule is Clc1ccccc1NCc1cc(Cl)c(OCc2ccc(Br)cc2)c(Cl)c1. The van der Waals surface area contributed by atoms with Gasteiger partial charge in [0.2, 0.25) is 0 Å². The molecule has 134 valence electrons. The third kappa shape index (κ3) is 5.08. The smallest absolute Gasteiger partial charge is 0.156 e. The van der Waals surface area contributed by atoms with Gasteiger partial charge in [-0.05, 0) is 47.5 Å². The van der Waals surface area contributed by atoms with Crippen molar-refractivity contribution in [3.8, 4) is 5.75 Å². The summed E-state index contributed by atoms with van der Waals surface area (Å²) in [5, 5.41) is 4.89. The molecule has 3 aromatic rings. The van der Waals surface area contributed by atoms with Gasteiger partial charge in [-0.25, -0.2) is 0 Å². The predicted octanol–water partition coefficient (Wildman–Crippen LogP) is 7.60. The van der Waals surface area contributed by atoms with Crippen LogP contribution in [0.25, 0.3) is 0 Å². The van der Waals surface area contributed by atoms with Gasteiger partial charge in [-0.2, -0.15) is 0 Å². The van der Waals surface area contributed by atoms with Crippen LogP contribution in [0.3, 0.4) is 0 Å². The van der Waals surface area contributed by atoms with Gasteiger partial charge >= 0.3 is 0 Å². The lowest BCUT2D eigenvalue weighted by Gasteiger charge is -2.13. The highest BCUT2D eigenvalue weighted by molar-refractivity contribution is 9.10. The second-order valence-corrected chi connectivity index (χ2v) is 7.77. The first kappa shape index (κ1) is 19.4. The molecule has 0 saturated heterocycles. The molecule has 26 heavy (non-hydrogen) atoms. The highest BCUT2D eigenvalue weighted by Gasteiger charge is 2.11. The van der Waals surface area contributed by atoms with Gasteiger partial charge < -0.3 is 10.1 Å². The van der Waals surface area contributed by atoms with Crippen LogP contribution in [0, 0.1) is 0 Å². The second-order valence-electron chi connectivity index (χ2n) is 5.64. The van der Waals surface area contributed by atoms with E-state index in [0.29, 0.717) is 34.0 Å². The number of para-hydroxylation sites is 1. The van der Waals surface area contributed by atoms with Crippen LogP contribution in [-0.4, -0.2) is 0 Å². The van der Waals surface area contributed by atoms with E-state index in [1.165, 1.54) is 0 Å². The number of rotatable bonds is 6. The Morgan fingerprint density at radius 3 is 2.12 bits per heavy atom. The molecule has 6 heteroatoms. The molecule has 0 saturated carbocycles. The van der Waals surface area contributed by atoms with Gasteiger partial charge in [0, 0.05) is 11.0 Å². The van der Waals surface area contributed by atoms with Gasteiger partial charge in [0.15, 0.2) is 5.75 Å². The maximum Gasteiger partial charge on any atom is 0.156 e. The number of hydrogen-bond donors (Lipinski definition) is 1. The maximum absolute atomic E-state index is 6.37. The Morgan fingerprint density at radius 1 is 0.808 bits per heavy atom. The van der Waals surface area contributed by atoms with Crippen molar-refractivity contribution in [1.82, 2.24) is 0 Å². The first-order valence-corrected chi connectivity index (χ1v) is 9.79. The lowest BCUT2D eigenvalue weighted by Crippen LogP contribution is -2.01. The second kappa shape index (κ2) is 9.01. The molecule has 0 amide bonds. The minimum absolute atomic E-state index is 0.393. The highest BCUT2D eigenvalue weighted by Crippen LogP contribution is 2.35. The zero-order valence-corrected chi connectivity index (χ0v) is 17.5. The first-order chi connectivity index (χ1) is 12.5. The minimum Gasteiger partial charge on any atom is -0.486 e. The van der Waals surface area contributed by atoms with E-state index in [1.807, 2.05) is 60.7 Å². The molecule has 0 heterocycles. The summed E-state index contributed by atoms with van der Waals surface area (Å²) in [7, 11) is 0. The summed E-state index contributed by atoms with van der Waals surface area (Å²) in [6, 6.07) is 19.1. The standard InChI is InChI=1S/C20H15BrCl3NO/c21-15-7-5-13(6-8-15)12-26-20-17(23)9-14(10-18(20)24)11-25-19-4-2-1-3-16(19)22/h1-10,25H,11-12H2. The summed E-state index contributed by atoms with van der Waals surface area (Å²) < 4.78 is 6.83. The fourth-order valence-electron chi connectivity index (χ4n) is 2.39. The summed E-state index contributed by atoms with van der Waals surface area (Å²) in [5.41, 5.74) is 2.83. The summed E-state index contributed by atoms with van der Waals surface area (Å²) >= 11 is 22.3. The Morgan fingerprint density at radius 2 is 1.46 bits per heavy atom. The lowest BCUT2D eigenvalue weighted by molar-refractivity contribution is 0.306. The van der Waals surface area contributed by atoms with E-state index in [1.54, 1.807) is 0 Å². The Bertz CT molecular complexity index is 877. The van der Waals surface area contributed by atoms with E-state index >= 15 is 0 Å². The molecule has 0 aliphatic rings. The van der Waals surface area contributed by atoms with Crippen molar-refractivity contribution < 1.29 is 4.74 Å². The normalized spacial score (nSPS) is 10.6. The zero-order valence-electron chi connectivity index (χ0n) is 13.6. The van der Waals surface area contributed by atoms with E-state index in [9.17, 15) is 0 Å². The molecule has 0 atom stereocenters. The van der Waals surface area contributed by atoms with Crippen LogP contribution in [0.1, 0.15) is 11.1 Å². The monoisotopic (exact) mass is 469 g/mol. The molecule has 1 N–H and O–H groups in total. The van der Waals surface area contributed by atoms with Crippen molar-refractivity contribution in [3.05, 3.63) is 91.3 Å². The largest absolute Gasteiger partial charge is 0.486 e. The van der Waals surface area contributed by atoms with Gasteiger partial charge in [0.1, 0.15) is 6.61 Å². The molecule has 0 bridgehead atoms. The van der Waals surface area contributed by atoms with E-state index in [0.717, 1.165) is 21.3 Å².